The van der Waals surface area contributed by atoms with E-state index in [9.17, 15) is 0 Å². The molecule has 2 aromatic rings. The number of hydrogen-bond acceptors (Lipinski definition) is 2. The average molecular weight is 215 g/mol. The summed E-state index contributed by atoms with van der Waals surface area (Å²) in [6.07, 6.45) is 4.44. The van der Waals surface area contributed by atoms with Crippen molar-refractivity contribution in [3.8, 4) is 0 Å². The van der Waals surface area contributed by atoms with E-state index in [2.05, 4.69) is 48.2 Å². The van der Waals surface area contributed by atoms with Crippen LogP contribution in [0.1, 0.15) is 25.0 Å². The Hall–Kier alpha value is -1.64. The number of benzene rings is 1. The van der Waals surface area contributed by atoms with Crippen molar-refractivity contribution in [2.75, 3.05) is 0 Å². The Bertz CT molecular complexity index is 415. The van der Waals surface area contributed by atoms with Gasteiger partial charge in [-0.05, 0) is 23.5 Å². The topological polar surface area (TPSA) is 30.7 Å². The number of nitrogens with zero attached hydrogens (tertiary/aromatic N) is 3. The third kappa shape index (κ3) is 2.92. The highest BCUT2D eigenvalue weighted by molar-refractivity contribution is 5.22. The maximum atomic E-state index is 4.09. The van der Waals surface area contributed by atoms with Crippen LogP contribution in [0.15, 0.2) is 36.9 Å². The van der Waals surface area contributed by atoms with Crippen molar-refractivity contribution in [3.05, 3.63) is 48.0 Å². The van der Waals surface area contributed by atoms with E-state index >= 15 is 0 Å². The van der Waals surface area contributed by atoms with Crippen molar-refractivity contribution in [3.63, 3.8) is 0 Å². The summed E-state index contributed by atoms with van der Waals surface area (Å²) in [6, 6.07) is 8.73. The zero-order chi connectivity index (χ0) is 11.4. The first-order valence-electron chi connectivity index (χ1n) is 5.64. The summed E-state index contributed by atoms with van der Waals surface area (Å²) in [6.45, 7) is 5.27. The second kappa shape index (κ2) is 4.92. The van der Waals surface area contributed by atoms with Crippen LogP contribution in [0.2, 0.25) is 0 Å². The molecule has 3 nitrogen and oxygen atoms in total. The molecule has 0 fully saturated rings. The summed E-state index contributed by atoms with van der Waals surface area (Å²) < 4.78 is 1.83. The van der Waals surface area contributed by atoms with Crippen LogP contribution in [0.25, 0.3) is 0 Å². The maximum absolute atomic E-state index is 4.09. The van der Waals surface area contributed by atoms with Gasteiger partial charge in [-0.2, -0.15) is 5.10 Å². The molecule has 0 saturated carbocycles. The molecule has 1 aromatic carbocycles. The van der Waals surface area contributed by atoms with Gasteiger partial charge in [-0.15, -0.1) is 0 Å². The van der Waals surface area contributed by atoms with E-state index in [1.165, 1.54) is 11.1 Å². The Morgan fingerprint density at radius 1 is 1.12 bits per heavy atom. The molecule has 3 heteroatoms. The SMILES string of the molecule is CC(C)Cc1ccc(Cn2cncn2)cc1. The molecule has 0 amide bonds. The second-order valence-corrected chi connectivity index (χ2v) is 4.51. The van der Waals surface area contributed by atoms with Crippen LogP contribution >= 0.6 is 0 Å². The van der Waals surface area contributed by atoms with Crippen molar-refractivity contribution < 1.29 is 0 Å². The predicted molar refractivity (Wildman–Crippen MR) is 64.1 cm³/mol. The molecule has 0 unspecified atom stereocenters. The molecule has 0 spiro atoms. The van der Waals surface area contributed by atoms with Gasteiger partial charge in [0.1, 0.15) is 12.7 Å². The number of rotatable bonds is 4. The molecule has 16 heavy (non-hydrogen) atoms. The quantitative estimate of drug-likeness (QED) is 0.784. The van der Waals surface area contributed by atoms with Gasteiger partial charge >= 0.3 is 0 Å². The van der Waals surface area contributed by atoms with Crippen LogP contribution in [-0.4, -0.2) is 14.8 Å². The highest BCUT2D eigenvalue weighted by atomic mass is 15.3. The van der Waals surface area contributed by atoms with Gasteiger partial charge in [0.15, 0.2) is 0 Å². The van der Waals surface area contributed by atoms with Gasteiger partial charge in [0, 0.05) is 0 Å². The standard InChI is InChI=1S/C13H17N3/c1-11(2)7-12-3-5-13(6-4-12)8-16-10-14-9-15-16/h3-6,9-11H,7-8H2,1-2H3. The zero-order valence-corrected chi connectivity index (χ0v) is 9.80. The van der Waals surface area contributed by atoms with E-state index in [-0.39, 0.29) is 0 Å². The van der Waals surface area contributed by atoms with Crippen molar-refractivity contribution in [2.45, 2.75) is 26.8 Å². The van der Waals surface area contributed by atoms with E-state index in [4.69, 9.17) is 0 Å². The Morgan fingerprint density at radius 2 is 1.81 bits per heavy atom. The molecule has 0 atom stereocenters. The van der Waals surface area contributed by atoms with E-state index in [0.29, 0.717) is 5.92 Å². The van der Waals surface area contributed by atoms with E-state index < -0.39 is 0 Å². The van der Waals surface area contributed by atoms with Gasteiger partial charge in [0.2, 0.25) is 0 Å². The smallest absolute Gasteiger partial charge is 0.137 e. The minimum Gasteiger partial charge on any atom is -0.249 e. The first kappa shape index (κ1) is 10.9. The molecule has 0 radical (unpaired) electrons. The minimum atomic E-state index is 0.709. The third-order valence-corrected chi connectivity index (χ3v) is 2.48. The van der Waals surface area contributed by atoms with Gasteiger partial charge in [-0.3, -0.25) is 0 Å². The lowest BCUT2D eigenvalue weighted by molar-refractivity contribution is 0.646. The molecule has 0 aliphatic heterocycles. The Morgan fingerprint density at radius 3 is 2.38 bits per heavy atom. The molecular formula is C13H17N3. The molecule has 1 heterocycles. The van der Waals surface area contributed by atoms with Crippen molar-refractivity contribution in [1.82, 2.24) is 14.8 Å². The Labute approximate surface area is 96.1 Å². The molecule has 2 rings (SSSR count). The lowest BCUT2D eigenvalue weighted by atomic mass is 10.0. The maximum Gasteiger partial charge on any atom is 0.137 e. The summed E-state index contributed by atoms with van der Waals surface area (Å²) >= 11 is 0. The Kier molecular flexibility index (Phi) is 3.34. The Balaban J connectivity index is 2.02. The van der Waals surface area contributed by atoms with Crippen LogP contribution in [0, 0.1) is 5.92 Å². The van der Waals surface area contributed by atoms with Gasteiger partial charge in [-0.1, -0.05) is 38.1 Å². The third-order valence-electron chi connectivity index (χ3n) is 2.48. The molecule has 0 aliphatic carbocycles. The van der Waals surface area contributed by atoms with Crippen LogP contribution < -0.4 is 0 Å². The molecule has 0 bridgehead atoms. The summed E-state index contributed by atoms with van der Waals surface area (Å²) in [4.78, 5) is 3.93. The van der Waals surface area contributed by atoms with Gasteiger partial charge in [0.05, 0.1) is 6.54 Å². The fourth-order valence-corrected chi connectivity index (χ4v) is 1.75. The van der Waals surface area contributed by atoms with Crippen molar-refractivity contribution in [2.24, 2.45) is 5.92 Å². The molecule has 1 aromatic heterocycles. The second-order valence-electron chi connectivity index (χ2n) is 4.51. The van der Waals surface area contributed by atoms with Gasteiger partial charge in [0.25, 0.3) is 0 Å². The fourth-order valence-electron chi connectivity index (χ4n) is 1.75. The zero-order valence-electron chi connectivity index (χ0n) is 9.80. The van der Waals surface area contributed by atoms with Crippen LogP contribution in [0.3, 0.4) is 0 Å². The van der Waals surface area contributed by atoms with E-state index in [0.717, 1.165) is 13.0 Å². The fraction of sp³-hybridized carbons (Fsp3) is 0.385. The highest BCUT2D eigenvalue weighted by Crippen LogP contribution is 2.10. The summed E-state index contributed by atoms with van der Waals surface area (Å²) in [7, 11) is 0. The van der Waals surface area contributed by atoms with Gasteiger partial charge < -0.3 is 0 Å². The summed E-state index contributed by atoms with van der Waals surface area (Å²) in [5.41, 5.74) is 2.66. The number of hydrogen-bond donors (Lipinski definition) is 0. The highest BCUT2D eigenvalue weighted by Gasteiger charge is 1.99. The lowest BCUT2D eigenvalue weighted by Gasteiger charge is -2.06. The first-order chi connectivity index (χ1) is 7.74. The first-order valence-corrected chi connectivity index (χ1v) is 5.64. The van der Waals surface area contributed by atoms with Crippen molar-refractivity contribution in [1.29, 1.82) is 0 Å². The molecular weight excluding hydrogens is 198 g/mol. The molecule has 0 saturated heterocycles. The predicted octanol–water partition coefficient (Wildman–Crippen LogP) is 2.52. The molecule has 0 N–H and O–H groups in total. The van der Waals surface area contributed by atoms with Crippen molar-refractivity contribution >= 4 is 0 Å². The van der Waals surface area contributed by atoms with E-state index in [1.807, 2.05) is 4.68 Å². The molecule has 84 valence electrons. The normalized spacial score (nSPS) is 10.9. The monoisotopic (exact) mass is 215 g/mol. The minimum absolute atomic E-state index is 0.709. The largest absolute Gasteiger partial charge is 0.249 e. The van der Waals surface area contributed by atoms with Gasteiger partial charge in [-0.25, -0.2) is 9.67 Å². The summed E-state index contributed by atoms with van der Waals surface area (Å²) in [5, 5.41) is 4.09. The molecule has 0 aliphatic rings. The van der Waals surface area contributed by atoms with Crippen LogP contribution in [0.5, 0.6) is 0 Å². The average Bonchev–Trinajstić information content (AvgIpc) is 2.73. The van der Waals surface area contributed by atoms with Crippen LogP contribution in [-0.2, 0) is 13.0 Å². The number of aromatic nitrogens is 3. The summed E-state index contributed by atoms with van der Waals surface area (Å²) in [5.74, 6) is 0.709. The van der Waals surface area contributed by atoms with Crippen LogP contribution in [0.4, 0.5) is 0 Å². The van der Waals surface area contributed by atoms with E-state index in [1.54, 1.807) is 12.7 Å². The lowest BCUT2D eigenvalue weighted by Crippen LogP contribution is -2.00.